The molecule has 5 heteroatoms. The third-order valence-electron chi connectivity index (χ3n) is 4.63. The second kappa shape index (κ2) is 7.51. The summed E-state index contributed by atoms with van der Waals surface area (Å²) in [4.78, 5) is 2.42. The standard InChI is InChI=1S/C18H30N2O3/c1-13-10-14(22-4)16(15(11-13)23-5)17(18(2,3)12-21)20-8-6-19-7-9-20/h10-11,17,19,21H,6-9,12H2,1-5H3/t17-/m1/s1. The Morgan fingerprint density at radius 2 is 1.70 bits per heavy atom. The van der Waals surface area contributed by atoms with Crippen LogP contribution in [-0.4, -0.2) is 57.0 Å². The van der Waals surface area contributed by atoms with Crippen LogP contribution < -0.4 is 14.8 Å². The van der Waals surface area contributed by atoms with Crippen molar-refractivity contribution < 1.29 is 14.6 Å². The molecule has 5 nitrogen and oxygen atoms in total. The minimum absolute atomic E-state index is 0.0279. The smallest absolute Gasteiger partial charge is 0.127 e. The molecule has 1 heterocycles. The van der Waals surface area contributed by atoms with Crippen LogP contribution in [0.2, 0.25) is 0 Å². The van der Waals surface area contributed by atoms with Crippen molar-refractivity contribution in [2.45, 2.75) is 26.8 Å². The molecule has 0 saturated carbocycles. The minimum Gasteiger partial charge on any atom is -0.496 e. The van der Waals surface area contributed by atoms with Gasteiger partial charge in [0.2, 0.25) is 0 Å². The summed E-state index contributed by atoms with van der Waals surface area (Å²) in [6, 6.07) is 4.11. The lowest BCUT2D eigenvalue weighted by atomic mass is 9.78. The first-order valence-electron chi connectivity index (χ1n) is 8.22. The molecule has 1 saturated heterocycles. The highest BCUT2D eigenvalue weighted by molar-refractivity contribution is 5.50. The topological polar surface area (TPSA) is 54.0 Å². The van der Waals surface area contributed by atoms with E-state index in [4.69, 9.17) is 9.47 Å². The fourth-order valence-corrected chi connectivity index (χ4v) is 3.43. The second-order valence-corrected chi connectivity index (χ2v) is 6.92. The molecule has 1 atom stereocenters. The number of benzene rings is 1. The monoisotopic (exact) mass is 322 g/mol. The van der Waals surface area contributed by atoms with E-state index in [1.54, 1.807) is 14.2 Å². The van der Waals surface area contributed by atoms with Crippen LogP contribution in [-0.2, 0) is 0 Å². The number of methoxy groups -OCH3 is 2. The zero-order chi connectivity index (χ0) is 17.0. The second-order valence-electron chi connectivity index (χ2n) is 6.92. The Labute approximate surface area is 139 Å². The van der Waals surface area contributed by atoms with E-state index >= 15 is 0 Å². The minimum atomic E-state index is -0.312. The molecule has 0 aromatic heterocycles. The van der Waals surface area contributed by atoms with Crippen LogP contribution in [0.4, 0.5) is 0 Å². The Kier molecular flexibility index (Phi) is 5.89. The van der Waals surface area contributed by atoms with Crippen molar-refractivity contribution in [1.82, 2.24) is 10.2 Å². The molecule has 0 unspecified atom stereocenters. The van der Waals surface area contributed by atoms with E-state index < -0.39 is 0 Å². The highest BCUT2D eigenvalue weighted by Gasteiger charge is 2.39. The number of aliphatic hydroxyl groups excluding tert-OH is 1. The number of aliphatic hydroxyl groups is 1. The summed E-state index contributed by atoms with van der Waals surface area (Å²) in [5.74, 6) is 1.65. The van der Waals surface area contributed by atoms with Crippen molar-refractivity contribution >= 4 is 0 Å². The maximum atomic E-state index is 10.0. The lowest BCUT2D eigenvalue weighted by Gasteiger charge is -2.44. The van der Waals surface area contributed by atoms with E-state index in [0.717, 1.165) is 48.8 Å². The molecule has 1 aliphatic rings. The molecule has 0 bridgehead atoms. The van der Waals surface area contributed by atoms with E-state index in [9.17, 15) is 5.11 Å². The van der Waals surface area contributed by atoms with E-state index in [1.807, 2.05) is 19.1 Å². The normalized spacial score (nSPS) is 17.8. The van der Waals surface area contributed by atoms with Crippen LogP contribution in [0.3, 0.4) is 0 Å². The number of rotatable bonds is 6. The Balaban J connectivity index is 2.58. The first-order chi connectivity index (χ1) is 10.9. The van der Waals surface area contributed by atoms with E-state index in [-0.39, 0.29) is 18.1 Å². The fraction of sp³-hybridized carbons (Fsp3) is 0.667. The molecule has 1 aromatic rings. The number of piperazine rings is 1. The van der Waals surface area contributed by atoms with Crippen molar-refractivity contribution in [1.29, 1.82) is 0 Å². The van der Waals surface area contributed by atoms with Gasteiger partial charge in [0.25, 0.3) is 0 Å². The van der Waals surface area contributed by atoms with Crippen molar-refractivity contribution in [3.63, 3.8) is 0 Å². The summed E-state index contributed by atoms with van der Waals surface area (Å²) in [7, 11) is 3.39. The van der Waals surface area contributed by atoms with Crippen LogP contribution in [0.15, 0.2) is 12.1 Å². The molecular weight excluding hydrogens is 292 g/mol. The first-order valence-corrected chi connectivity index (χ1v) is 8.22. The number of hydrogen-bond acceptors (Lipinski definition) is 5. The van der Waals surface area contributed by atoms with E-state index in [0.29, 0.717) is 0 Å². The van der Waals surface area contributed by atoms with Crippen LogP contribution >= 0.6 is 0 Å². The highest BCUT2D eigenvalue weighted by Crippen LogP contribution is 2.46. The molecule has 130 valence electrons. The van der Waals surface area contributed by atoms with Crippen LogP contribution in [0.25, 0.3) is 0 Å². The van der Waals surface area contributed by atoms with Gasteiger partial charge in [0.15, 0.2) is 0 Å². The Hall–Kier alpha value is -1.30. The van der Waals surface area contributed by atoms with Crippen molar-refractivity contribution in [2.24, 2.45) is 5.41 Å². The number of nitrogens with zero attached hydrogens (tertiary/aromatic N) is 1. The molecular formula is C18H30N2O3. The third-order valence-corrected chi connectivity index (χ3v) is 4.63. The highest BCUT2D eigenvalue weighted by atomic mass is 16.5. The van der Waals surface area contributed by atoms with Gasteiger partial charge in [-0.25, -0.2) is 0 Å². The molecule has 1 aliphatic heterocycles. The molecule has 0 spiro atoms. The summed E-state index contributed by atoms with van der Waals surface area (Å²) >= 11 is 0. The van der Waals surface area contributed by atoms with E-state index in [2.05, 4.69) is 24.1 Å². The predicted molar refractivity (Wildman–Crippen MR) is 92.3 cm³/mol. The molecule has 2 N–H and O–H groups in total. The lowest BCUT2D eigenvalue weighted by molar-refractivity contribution is 0.0279. The van der Waals surface area contributed by atoms with Crippen molar-refractivity contribution in [3.05, 3.63) is 23.3 Å². The molecule has 23 heavy (non-hydrogen) atoms. The van der Waals surface area contributed by atoms with Gasteiger partial charge in [-0.05, 0) is 24.6 Å². The van der Waals surface area contributed by atoms with Crippen molar-refractivity contribution in [3.8, 4) is 11.5 Å². The lowest BCUT2D eigenvalue weighted by Crippen LogP contribution is -2.49. The van der Waals surface area contributed by atoms with Gasteiger partial charge in [0.05, 0.1) is 19.8 Å². The van der Waals surface area contributed by atoms with Crippen molar-refractivity contribution in [2.75, 3.05) is 47.0 Å². The Morgan fingerprint density at radius 1 is 1.17 bits per heavy atom. The maximum Gasteiger partial charge on any atom is 0.127 e. The van der Waals surface area contributed by atoms with Crippen LogP contribution in [0.1, 0.15) is 31.0 Å². The Bertz CT molecular complexity index is 500. The zero-order valence-corrected chi connectivity index (χ0v) is 15.0. The number of aryl methyl sites for hydroxylation is 1. The van der Waals surface area contributed by atoms with Gasteiger partial charge in [-0.2, -0.15) is 0 Å². The summed E-state index contributed by atoms with van der Waals surface area (Å²) in [5.41, 5.74) is 1.82. The van der Waals surface area contributed by atoms with Gasteiger partial charge >= 0.3 is 0 Å². The molecule has 0 radical (unpaired) electrons. The van der Waals surface area contributed by atoms with Crippen LogP contribution in [0, 0.1) is 12.3 Å². The predicted octanol–water partition coefficient (Wildman–Crippen LogP) is 1.98. The van der Waals surface area contributed by atoms with Gasteiger partial charge in [-0.3, -0.25) is 4.90 Å². The molecule has 0 aliphatic carbocycles. The van der Waals surface area contributed by atoms with Gasteiger partial charge in [-0.1, -0.05) is 13.8 Å². The zero-order valence-electron chi connectivity index (χ0n) is 15.0. The molecule has 1 fully saturated rings. The van der Waals surface area contributed by atoms with Gasteiger partial charge in [0, 0.05) is 44.2 Å². The summed E-state index contributed by atoms with van der Waals surface area (Å²) in [6.07, 6.45) is 0. The molecule has 0 amide bonds. The molecule has 2 rings (SSSR count). The number of nitrogens with one attached hydrogen (secondary N) is 1. The third kappa shape index (κ3) is 3.79. The number of hydrogen-bond donors (Lipinski definition) is 2. The largest absolute Gasteiger partial charge is 0.496 e. The first kappa shape index (κ1) is 18.0. The van der Waals surface area contributed by atoms with Crippen LogP contribution in [0.5, 0.6) is 11.5 Å². The molecule has 1 aromatic carbocycles. The summed E-state index contributed by atoms with van der Waals surface area (Å²) in [5, 5.41) is 13.4. The SMILES string of the molecule is COc1cc(C)cc(OC)c1[C@@H](N1CCNCC1)C(C)(C)CO. The maximum absolute atomic E-state index is 10.0. The quantitative estimate of drug-likeness (QED) is 0.839. The Morgan fingerprint density at radius 3 is 2.13 bits per heavy atom. The fourth-order valence-electron chi connectivity index (χ4n) is 3.43. The van der Waals surface area contributed by atoms with E-state index in [1.165, 1.54) is 0 Å². The summed E-state index contributed by atoms with van der Waals surface area (Å²) < 4.78 is 11.4. The average Bonchev–Trinajstić information content (AvgIpc) is 2.56. The van der Waals surface area contributed by atoms with Gasteiger partial charge in [0.1, 0.15) is 11.5 Å². The van der Waals surface area contributed by atoms with Gasteiger partial charge in [-0.15, -0.1) is 0 Å². The average molecular weight is 322 g/mol. The number of ether oxygens (including phenoxy) is 2. The van der Waals surface area contributed by atoms with Gasteiger partial charge < -0.3 is 19.9 Å². The summed E-state index contributed by atoms with van der Waals surface area (Å²) in [6.45, 7) is 10.1.